The molecule has 0 radical (unpaired) electrons. The van der Waals surface area contributed by atoms with Crippen molar-refractivity contribution in [2.45, 2.75) is 43.0 Å². The molecule has 1 heterocycles. The van der Waals surface area contributed by atoms with Gasteiger partial charge in [-0.2, -0.15) is 0 Å². The topological polar surface area (TPSA) is 72.0 Å². The average Bonchev–Trinajstić information content (AvgIpc) is 2.75. The second-order valence-electron chi connectivity index (χ2n) is 3.69. The molecule has 2 rings (SSSR count). The highest BCUT2D eigenvalue weighted by Crippen LogP contribution is 2.21. The Balaban J connectivity index is 2.12. The van der Waals surface area contributed by atoms with E-state index in [1.54, 1.807) is 6.92 Å². The van der Waals surface area contributed by atoms with Gasteiger partial charge in [-0.25, -0.2) is 13.1 Å². The molecule has 5 nitrogen and oxygen atoms in total. The molecular formula is C8H13N3O2S2. The third-order valence-corrected chi connectivity index (χ3v) is 5.14. The van der Waals surface area contributed by atoms with Crippen LogP contribution in [0, 0.1) is 6.92 Å². The molecule has 84 valence electrons. The van der Waals surface area contributed by atoms with Crippen LogP contribution >= 0.6 is 11.3 Å². The molecule has 1 aromatic heterocycles. The summed E-state index contributed by atoms with van der Waals surface area (Å²) in [4.78, 5) is 0. The Kier molecular flexibility index (Phi) is 3.03. The van der Waals surface area contributed by atoms with Crippen LogP contribution in [0.1, 0.15) is 30.7 Å². The predicted molar refractivity (Wildman–Crippen MR) is 57.2 cm³/mol. The molecule has 0 unspecified atom stereocenters. The summed E-state index contributed by atoms with van der Waals surface area (Å²) in [7, 11) is -3.43. The molecule has 1 aliphatic carbocycles. The smallest absolute Gasteiger partial charge is 0.206 e. The molecule has 1 fully saturated rings. The van der Waals surface area contributed by atoms with Crippen LogP contribution in [0.2, 0.25) is 0 Å². The van der Waals surface area contributed by atoms with E-state index in [0.717, 1.165) is 37.0 Å². The molecule has 1 aliphatic rings. The molecule has 15 heavy (non-hydrogen) atoms. The van der Waals surface area contributed by atoms with Crippen molar-refractivity contribution < 1.29 is 8.42 Å². The molecule has 0 saturated heterocycles. The third-order valence-electron chi connectivity index (χ3n) is 2.41. The second-order valence-corrected chi connectivity index (χ2v) is 6.76. The molecule has 0 amide bonds. The van der Waals surface area contributed by atoms with E-state index >= 15 is 0 Å². The van der Waals surface area contributed by atoms with Crippen LogP contribution in [0.25, 0.3) is 0 Å². The lowest BCUT2D eigenvalue weighted by Crippen LogP contribution is -2.32. The van der Waals surface area contributed by atoms with Gasteiger partial charge in [0, 0.05) is 6.04 Å². The Bertz CT molecular complexity index is 434. The number of aromatic nitrogens is 2. The van der Waals surface area contributed by atoms with E-state index in [-0.39, 0.29) is 10.4 Å². The first-order valence-corrected chi connectivity index (χ1v) is 7.20. The minimum Gasteiger partial charge on any atom is -0.206 e. The van der Waals surface area contributed by atoms with Crippen molar-refractivity contribution in [2.24, 2.45) is 0 Å². The lowest BCUT2D eigenvalue weighted by Gasteiger charge is -2.09. The largest absolute Gasteiger partial charge is 0.270 e. The summed E-state index contributed by atoms with van der Waals surface area (Å²) in [5.41, 5.74) is 0. The molecule has 0 aliphatic heterocycles. The van der Waals surface area contributed by atoms with Crippen LogP contribution in [0.3, 0.4) is 0 Å². The lowest BCUT2D eigenvalue weighted by atomic mass is 10.3. The molecule has 0 bridgehead atoms. The van der Waals surface area contributed by atoms with Gasteiger partial charge in [-0.05, 0) is 19.8 Å². The molecule has 0 atom stereocenters. The first-order valence-electron chi connectivity index (χ1n) is 4.90. The number of hydrogen-bond acceptors (Lipinski definition) is 5. The van der Waals surface area contributed by atoms with Gasteiger partial charge in [-0.15, -0.1) is 10.2 Å². The monoisotopic (exact) mass is 247 g/mol. The Morgan fingerprint density at radius 1 is 1.33 bits per heavy atom. The van der Waals surface area contributed by atoms with Gasteiger partial charge < -0.3 is 0 Å². The van der Waals surface area contributed by atoms with Gasteiger partial charge in [0.1, 0.15) is 5.01 Å². The standard InChI is InChI=1S/C8H13N3O2S2/c1-6-9-10-8(14-6)15(12,13)11-7-4-2-3-5-7/h7,11H,2-5H2,1H3. The summed E-state index contributed by atoms with van der Waals surface area (Å²) in [5.74, 6) is 0. The minimum absolute atomic E-state index is 0.0758. The fourth-order valence-electron chi connectivity index (χ4n) is 1.70. The van der Waals surface area contributed by atoms with Gasteiger partial charge in [0.2, 0.25) is 4.34 Å². The summed E-state index contributed by atoms with van der Waals surface area (Å²) in [6.07, 6.45) is 4.05. The second kappa shape index (κ2) is 4.15. The predicted octanol–water partition coefficient (Wildman–Crippen LogP) is 1.07. The zero-order valence-corrected chi connectivity index (χ0v) is 10.1. The van der Waals surface area contributed by atoms with Crippen molar-refractivity contribution >= 4 is 21.4 Å². The highest BCUT2D eigenvalue weighted by Gasteiger charge is 2.25. The van der Waals surface area contributed by atoms with E-state index < -0.39 is 10.0 Å². The van der Waals surface area contributed by atoms with E-state index in [2.05, 4.69) is 14.9 Å². The first kappa shape index (κ1) is 11.0. The Hall–Kier alpha value is -0.530. The lowest BCUT2D eigenvalue weighted by molar-refractivity contribution is 0.550. The van der Waals surface area contributed by atoms with Crippen molar-refractivity contribution in [1.29, 1.82) is 0 Å². The molecule has 1 aromatic rings. The van der Waals surface area contributed by atoms with Gasteiger partial charge in [0.15, 0.2) is 0 Å². The van der Waals surface area contributed by atoms with Crippen LogP contribution in [0.5, 0.6) is 0 Å². The van der Waals surface area contributed by atoms with Crippen molar-refractivity contribution in [3.8, 4) is 0 Å². The zero-order chi connectivity index (χ0) is 10.9. The molecule has 0 spiro atoms. The minimum atomic E-state index is -3.43. The highest BCUT2D eigenvalue weighted by molar-refractivity contribution is 7.91. The molecule has 1 saturated carbocycles. The quantitative estimate of drug-likeness (QED) is 0.867. The van der Waals surface area contributed by atoms with Crippen molar-refractivity contribution in [3.05, 3.63) is 5.01 Å². The van der Waals surface area contributed by atoms with Gasteiger partial charge in [-0.1, -0.05) is 24.2 Å². The Morgan fingerprint density at radius 3 is 2.53 bits per heavy atom. The number of sulfonamides is 1. The summed E-state index contributed by atoms with van der Waals surface area (Å²) in [6, 6.07) is 0.0826. The third kappa shape index (κ3) is 2.53. The summed E-state index contributed by atoms with van der Waals surface area (Å²) in [6.45, 7) is 1.74. The van der Waals surface area contributed by atoms with E-state index in [4.69, 9.17) is 0 Å². The van der Waals surface area contributed by atoms with E-state index in [0.29, 0.717) is 5.01 Å². The fourth-order valence-corrected chi connectivity index (χ4v) is 3.99. The van der Waals surface area contributed by atoms with E-state index in [1.807, 2.05) is 0 Å². The molecular weight excluding hydrogens is 234 g/mol. The molecule has 7 heteroatoms. The normalized spacial score (nSPS) is 18.5. The maximum atomic E-state index is 11.8. The summed E-state index contributed by atoms with van der Waals surface area (Å²) >= 11 is 1.11. The van der Waals surface area contributed by atoms with Gasteiger partial charge in [0.05, 0.1) is 0 Å². The SMILES string of the molecule is Cc1nnc(S(=O)(=O)NC2CCCC2)s1. The Morgan fingerprint density at radius 2 is 2.00 bits per heavy atom. The van der Waals surface area contributed by atoms with Crippen LogP contribution in [-0.2, 0) is 10.0 Å². The van der Waals surface area contributed by atoms with Crippen LogP contribution in [0.15, 0.2) is 4.34 Å². The number of hydrogen-bond donors (Lipinski definition) is 1. The number of nitrogens with one attached hydrogen (secondary N) is 1. The van der Waals surface area contributed by atoms with Gasteiger partial charge in [0.25, 0.3) is 10.0 Å². The summed E-state index contributed by atoms with van der Waals surface area (Å²) < 4.78 is 26.3. The van der Waals surface area contributed by atoms with E-state index in [9.17, 15) is 8.42 Å². The maximum absolute atomic E-state index is 11.8. The van der Waals surface area contributed by atoms with Crippen LogP contribution < -0.4 is 4.72 Å². The number of rotatable bonds is 3. The fraction of sp³-hybridized carbons (Fsp3) is 0.750. The summed E-state index contributed by atoms with van der Waals surface area (Å²) in [5, 5.41) is 8.02. The van der Waals surface area contributed by atoms with Crippen molar-refractivity contribution in [3.63, 3.8) is 0 Å². The first-order chi connectivity index (χ1) is 7.08. The molecule has 0 aromatic carbocycles. The number of aryl methyl sites for hydroxylation is 1. The maximum Gasteiger partial charge on any atom is 0.270 e. The Labute approximate surface area is 93.0 Å². The van der Waals surface area contributed by atoms with Gasteiger partial charge >= 0.3 is 0 Å². The highest BCUT2D eigenvalue weighted by atomic mass is 32.2. The van der Waals surface area contributed by atoms with E-state index in [1.165, 1.54) is 0 Å². The van der Waals surface area contributed by atoms with Crippen molar-refractivity contribution in [1.82, 2.24) is 14.9 Å². The van der Waals surface area contributed by atoms with Crippen LogP contribution in [-0.4, -0.2) is 24.7 Å². The average molecular weight is 247 g/mol. The molecule has 1 N–H and O–H groups in total. The van der Waals surface area contributed by atoms with Gasteiger partial charge in [-0.3, -0.25) is 0 Å². The van der Waals surface area contributed by atoms with Crippen molar-refractivity contribution in [2.75, 3.05) is 0 Å². The zero-order valence-electron chi connectivity index (χ0n) is 8.43. The van der Waals surface area contributed by atoms with Crippen LogP contribution in [0.4, 0.5) is 0 Å². The number of nitrogens with zero attached hydrogens (tertiary/aromatic N) is 2.